The van der Waals surface area contributed by atoms with Gasteiger partial charge in [-0.2, -0.15) is 0 Å². The molecule has 1 fully saturated rings. The van der Waals surface area contributed by atoms with Gasteiger partial charge in [-0.25, -0.2) is 4.98 Å². The second-order valence-electron chi connectivity index (χ2n) is 5.44. The third-order valence-corrected chi connectivity index (χ3v) is 4.81. The van der Waals surface area contributed by atoms with Crippen LogP contribution in [0.5, 0.6) is 0 Å². The van der Waals surface area contributed by atoms with Crippen molar-refractivity contribution in [3.05, 3.63) is 40.9 Å². The number of nitrogens with zero attached hydrogens (tertiary/aromatic N) is 2. The van der Waals surface area contributed by atoms with Gasteiger partial charge < -0.3 is 10.0 Å². The molecule has 1 N–H and O–H groups in total. The molecular weight excluding hydrogens is 284 g/mol. The fraction of sp³-hybridized carbons (Fsp3) is 0.375. The molecule has 2 aromatic rings. The van der Waals surface area contributed by atoms with E-state index in [-0.39, 0.29) is 18.4 Å². The molecule has 4 nitrogen and oxygen atoms in total. The molecule has 1 aliphatic heterocycles. The number of aryl methyl sites for hydroxylation is 1. The number of rotatable bonds is 3. The minimum atomic E-state index is -0.0259. The Hall–Kier alpha value is -1.72. The highest BCUT2D eigenvalue weighted by molar-refractivity contribution is 7.13. The minimum Gasteiger partial charge on any atom is -0.396 e. The number of amides is 1. The lowest BCUT2D eigenvalue weighted by Crippen LogP contribution is -2.29. The van der Waals surface area contributed by atoms with E-state index < -0.39 is 0 Å². The maximum absolute atomic E-state index is 12.4. The molecule has 0 bridgehead atoms. The number of hydrogen-bond donors (Lipinski definition) is 1. The topological polar surface area (TPSA) is 53.4 Å². The first-order valence-corrected chi connectivity index (χ1v) is 7.98. The highest BCUT2D eigenvalue weighted by Gasteiger charge is 2.27. The van der Waals surface area contributed by atoms with Crippen molar-refractivity contribution < 1.29 is 9.90 Å². The molecular formula is C16H18N2O2S. The summed E-state index contributed by atoms with van der Waals surface area (Å²) >= 11 is 1.50. The molecule has 0 saturated carbocycles. The van der Waals surface area contributed by atoms with E-state index in [4.69, 9.17) is 5.11 Å². The number of carbonyl (C=O) groups is 1. The fourth-order valence-electron chi connectivity index (χ4n) is 2.64. The number of hydrogen-bond acceptors (Lipinski definition) is 4. The van der Waals surface area contributed by atoms with Gasteiger partial charge in [0, 0.05) is 36.6 Å². The second-order valence-corrected chi connectivity index (χ2v) is 6.30. The Morgan fingerprint density at radius 1 is 1.48 bits per heavy atom. The maximum atomic E-state index is 12.4. The molecule has 21 heavy (non-hydrogen) atoms. The van der Waals surface area contributed by atoms with Crippen LogP contribution in [0.15, 0.2) is 29.6 Å². The van der Waals surface area contributed by atoms with Gasteiger partial charge in [-0.1, -0.05) is 24.3 Å². The monoisotopic (exact) mass is 302 g/mol. The number of benzene rings is 1. The van der Waals surface area contributed by atoms with E-state index in [1.54, 1.807) is 4.90 Å². The normalized spacial score (nSPS) is 18.2. The molecule has 0 radical (unpaired) electrons. The average Bonchev–Trinajstić information content (AvgIpc) is 3.16. The quantitative estimate of drug-likeness (QED) is 0.948. The number of thiazole rings is 1. The molecule has 1 aromatic carbocycles. The van der Waals surface area contributed by atoms with E-state index in [2.05, 4.69) is 4.98 Å². The number of carbonyl (C=O) groups excluding carboxylic acids is 1. The van der Waals surface area contributed by atoms with Crippen LogP contribution in [0.1, 0.15) is 22.5 Å². The summed E-state index contributed by atoms with van der Waals surface area (Å²) in [4.78, 5) is 18.7. The second kappa shape index (κ2) is 5.95. The molecule has 1 aliphatic rings. The van der Waals surface area contributed by atoms with Crippen LogP contribution in [-0.2, 0) is 0 Å². The van der Waals surface area contributed by atoms with Crippen LogP contribution < -0.4 is 0 Å². The van der Waals surface area contributed by atoms with E-state index in [1.807, 2.05) is 36.6 Å². The molecule has 1 amide bonds. The van der Waals surface area contributed by atoms with Crippen molar-refractivity contribution in [3.8, 4) is 10.6 Å². The Kier molecular flexibility index (Phi) is 4.03. The fourth-order valence-corrected chi connectivity index (χ4v) is 3.52. The van der Waals surface area contributed by atoms with Gasteiger partial charge in [-0.05, 0) is 18.9 Å². The van der Waals surface area contributed by atoms with E-state index in [1.165, 1.54) is 11.3 Å². The van der Waals surface area contributed by atoms with Crippen molar-refractivity contribution in [3.63, 3.8) is 0 Å². The van der Waals surface area contributed by atoms with Gasteiger partial charge in [0.1, 0.15) is 10.7 Å². The van der Waals surface area contributed by atoms with Crippen LogP contribution in [0.4, 0.5) is 0 Å². The van der Waals surface area contributed by atoms with Crippen molar-refractivity contribution in [1.82, 2.24) is 9.88 Å². The number of aliphatic hydroxyl groups excluding tert-OH is 1. The zero-order valence-corrected chi connectivity index (χ0v) is 12.8. The molecule has 0 aliphatic carbocycles. The number of likely N-dealkylation sites (tertiary alicyclic amines) is 1. The smallest absolute Gasteiger partial charge is 0.273 e. The summed E-state index contributed by atoms with van der Waals surface area (Å²) in [5.41, 5.74) is 2.75. The van der Waals surface area contributed by atoms with Gasteiger partial charge in [0.15, 0.2) is 0 Å². The van der Waals surface area contributed by atoms with Crippen molar-refractivity contribution in [2.75, 3.05) is 19.7 Å². The van der Waals surface area contributed by atoms with Gasteiger partial charge in [-0.3, -0.25) is 4.79 Å². The zero-order chi connectivity index (χ0) is 14.8. The largest absolute Gasteiger partial charge is 0.396 e. The Labute approximate surface area is 128 Å². The molecule has 3 rings (SSSR count). The summed E-state index contributed by atoms with van der Waals surface area (Å²) in [6, 6.07) is 8.06. The molecule has 1 unspecified atom stereocenters. The van der Waals surface area contributed by atoms with Crippen molar-refractivity contribution >= 4 is 17.2 Å². The van der Waals surface area contributed by atoms with Crippen LogP contribution in [0, 0.1) is 12.8 Å². The van der Waals surface area contributed by atoms with Crippen LogP contribution in [0.25, 0.3) is 10.6 Å². The lowest BCUT2D eigenvalue weighted by atomic mass is 10.1. The van der Waals surface area contributed by atoms with E-state index in [9.17, 15) is 4.79 Å². The number of aliphatic hydroxyl groups is 1. The van der Waals surface area contributed by atoms with Crippen molar-refractivity contribution in [2.45, 2.75) is 13.3 Å². The lowest BCUT2D eigenvalue weighted by molar-refractivity contribution is 0.0777. The summed E-state index contributed by atoms with van der Waals surface area (Å²) < 4.78 is 0. The van der Waals surface area contributed by atoms with Crippen LogP contribution in [0.3, 0.4) is 0 Å². The maximum Gasteiger partial charge on any atom is 0.273 e. The highest BCUT2D eigenvalue weighted by atomic mass is 32.1. The highest BCUT2D eigenvalue weighted by Crippen LogP contribution is 2.27. The Bertz CT molecular complexity index is 653. The molecule has 110 valence electrons. The molecule has 5 heteroatoms. The van der Waals surface area contributed by atoms with Gasteiger partial charge in [-0.15, -0.1) is 11.3 Å². The first kappa shape index (κ1) is 14.2. The molecule has 1 atom stereocenters. The van der Waals surface area contributed by atoms with E-state index >= 15 is 0 Å². The SMILES string of the molecule is Cc1ccccc1-c1nc(C(=O)N2CCC(CO)C2)cs1. The molecule has 2 heterocycles. The molecule has 1 aromatic heterocycles. The van der Waals surface area contributed by atoms with Gasteiger partial charge in [0.25, 0.3) is 5.91 Å². The Morgan fingerprint density at radius 2 is 2.29 bits per heavy atom. The predicted octanol–water partition coefficient (Wildman–Crippen LogP) is 2.57. The Morgan fingerprint density at radius 3 is 3.00 bits per heavy atom. The van der Waals surface area contributed by atoms with Crippen molar-refractivity contribution in [1.29, 1.82) is 0 Å². The average molecular weight is 302 g/mol. The lowest BCUT2D eigenvalue weighted by Gasteiger charge is -2.14. The molecule has 1 saturated heterocycles. The first-order valence-electron chi connectivity index (χ1n) is 7.10. The summed E-state index contributed by atoms with van der Waals surface area (Å²) in [5.74, 6) is 0.186. The standard InChI is InChI=1S/C16H18N2O2S/c1-11-4-2-3-5-13(11)15-17-14(10-21-15)16(20)18-7-6-12(8-18)9-19/h2-5,10,12,19H,6-9H2,1H3. The number of aromatic nitrogens is 1. The van der Waals surface area contributed by atoms with Crippen LogP contribution in [0.2, 0.25) is 0 Å². The van der Waals surface area contributed by atoms with Crippen molar-refractivity contribution in [2.24, 2.45) is 5.92 Å². The predicted molar refractivity (Wildman–Crippen MR) is 83.4 cm³/mol. The van der Waals surface area contributed by atoms with Gasteiger partial charge >= 0.3 is 0 Å². The van der Waals surface area contributed by atoms with E-state index in [0.29, 0.717) is 18.8 Å². The van der Waals surface area contributed by atoms with Crippen LogP contribution in [-0.4, -0.2) is 40.6 Å². The minimum absolute atomic E-state index is 0.0259. The summed E-state index contributed by atoms with van der Waals surface area (Å²) in [6.45, 7) is 3.54. The summed E-state index contributed by atoms with van der Waals surface area (Å²) in [7, 11) is 0. The van der Waals surface area contributed by atoms with Gasteiger partial charge in [0.05, 0.1) is 0 Å². The molecule has 0 spiro atoms. The summed E-state index contributed by atoms with van der Waals surface area (Å²) in [5, 5.41) is 11.9. The first-order chi connectivity index (χ1) is 10.2. The van der Waals surface area contributed by atoms with E-state index in [0.717, 1.165) is 22.6 Å². The zero-order valence-electron chi connectivity index (χ0n) is 12.0. The van der Waals surface area contributed by atoms with Gasteiger partial charge in [0.2, 0.25) is 0 Å². The third kappa shape index (κ3) is 2.84. The van der Waals surface area contributed by atoms with Crippen LogP contribution >= 0.6 is 11.3 Å². The third-order valence-electron chi connectivity index (χ3n) is 3.93. The summed E-state index contributed by atoms with van der Waals surface area (Å²) in [6.07, 6.45) is 0.872. The Balaban J connectivity index is 1.79.